The summed E-state index contributed by atoms with van der Waals surface area (Å²) in [6.45, 7) is 8.27. The molecule has 0 bridgehead atoms. The molecule has 102 valence electrons. The Morgan fingerprint density at radius 2 is 1.50 bits per heavy atom. The predicted molar refractivity (Wildman–Crippen MR) is 87.0 cm³/mol. The summed E-state index contributed by atoms with van der Waals surface area (Å²) < 4.78 is 0. The maximum atomic E-state index is 6.18. The van der Waals surface area contributed by atoms with Gasteiger partial charge in [-0.3, -0.25) is 0 Å². The van der Waals surface area contributed by atoms with E-state index in [-0.39, 0.29) is 0 Å². The number of fused-ring (bicyclic) bond motifs is 2. The molecule has 0 spiro atoms. The van der Waals surface area contributed by atoms with E-state index in [9.17, 15) is 0 Å². The third kappa shape index (κ3) is 1.56. The van der Waals surface area contributed by atoms with Crippen molar-refractivity contribution in [2.75, 3.05) is 11.5 Å². The zero-order chi connectivity index (χ0) is 14.6. The average Bonchev–Trinajstić information content (AvgIpc) is 2.45. The number of nitrogens with two attached hydrogens (primary N) is 2. The molecule has 2 aromatic carbocycles. The zero-order valence-corrected chi connectivity index (χ0v) is 12.3. The van der Waals surface area contributed by atoms with Crippen LogP contribution in [0, 0.1) is 27.7 Å². The Hall–Kier alpha value is -2.29. The molecule has 0 amide bonds. The molecular formula is C17H19N3. The first-order chi connectivity index (χ1) is 9.41. The summed E-state index contributed by atoms with van der Waals surface area (Å²) in [4.78, 5) is 4.86. The quantitative estimate of drug-likeness (QED) is 0.480. The van der Waals surface area contributed by atoms with Crippen LogP contribution in [-0.2, 0) is 0 Å². The summed E-state index contributed by atoms with van der Waals surface area (Å²) in [5, 5.41) is 2.05. The van der Waals surface area contributed by atoms with Crippen molar-refractivity contribution in [1.82, 2.24) is 4.98 Å². The minimum atomic E-state index is 0.635. The molecular weight excluding hydrogens is 246 g/mol. The maximum absolute atomic E-state index is 6.18. The summed E-state index contributed by atoms with van der Waals surface area (Å²) >= 11 is 0. The fourth-order valence-corrected chi connectivity index (χ4v) is 2.70. The molecule has 3 heteroatoms. The molecule has 0 atom stereocenters. The third-order valence-electron chi connectivity index (χ3n) is 4.41. The van der Waals surface area contributed by atoms with E-state index in [1.165, 1.54) is 11.1 Å². The molecule has 0 saturated heterocycles. The first-order valence-corrected chi connectivity index (χ1v) is 6.76. The number of rotatable bonds is 0. The highest BCUT2D eigenvalue weighted by Gasteiger charge is 2.13. The van der Waals surface area contributed by atoms with Crippen LogP contribution in [0.3, 0.4) is 0 Å². The molecule has 0 radical (unpaired) electrons. The Morgan fingerprint density at radius 1 is 0.800 bits per heavy atom. The lowest BCUT2D eigenvalue weighted by Gasteiger charge is -2.14. The summed E-state index contributed by atoms with van der Waals surface area (Å²) in [6.07, 6.45) is 0. The van der Waals surface area contributed by atoms with E-state index in [0.717, 1.165) is 32.9 Å². The minimum absolute atomic E-state index is 0.635. The van der Waals surface area contributed by atoms with Crippen molar-refractivity contribution in [2.24, 2.45) is 0 Å². The van der Waals surface area contributed by atoms with Crippen LogP contribution in [0.25, 0.3) is 21.8 Å². The van der Waals surface area contributed by atoms with Gasteiger partial charge in [-0.2, -0.15) is 0 Å². The van der Waals surface area contributed by atoms with Gasteiger partial charge in [0.25, 0.3) is 0 Å². The second-order valence-electron chi connectivity index (χ2n) is 5.54. The number of benzene rings is 2. The first kappa shape index (κ1) is 12.7. The van der Waals surface area contributed by atoms with Crippen LogP contribution in [0.1, 0.15) is 22.3 Å². The van der Waals surface area contributed by atoms with Crippen molar-refractivity contribution in [1.29, 1.82) is 0 Å². The first-order valence-electron chi connectivity index (χ1n) is 6.76. The van der Waals surface area contributed by atoms with Gasteiger partial charge in [-0.15, -0.1) is 0 Å². The summed E-state index contributed by atoms with van der Waals surface area (Å²) in [5.74, 6) is 0. The van der Waals surface area contributed by atoms with Gasteiger partial charge >= 0.3 is 0 Å². The highest BCUT2D eigenvalue weighted by Crippen LogP contribution is 2.35. The summed E-state index contributed by atoms with van der Waals surface area (Å²) in [5.41, 5.74) is 20.2. The van der Waals surface area contributed by atoms with E-state index >= 15 is 0 Å². The second kappa shape index (κ2) is 4.10. The molecule has 3 nitrogen and oxygen atoms in total. The number of pyridine rings is 1. The van der Waals surface area contributed by atoms with Crippen molar-refractivity contribution in [2.45, 2.75) is 27.7 Å². The zero-order valence-electron chi connectivity index (χ0n) is 12.3. The minimum Gasteiger partial charge on any atom is -0.397 e. The van der Waals surface area contributed by atoms with Gasteiger partial charge in [0.15, 0.2) is 0 Å². The summed E-state index contributed by atoms with van der Waals surface area (Å²) in [7, 11) is 0. The van der Waals surface area contributed by atoms with Crippen LogP contribution in [0.2, 0.25) is 0 Å². The van der Waals surface area contributed by atoms with Gasteiger partial charge < -0.3 is 11.5 Å². The Morgan fingerprint density at radius 3 is 2.20 bits per heavy atom. The number of anilines is 2. The molecule has 0 unspecified atom stereocenters. The van der Waals surface area contributed by atoms with Crippen molar-refractivity contribution in [3.63, 3.8) is 0 Å². The number of aryl methyl sites for hydroxylation is 3. The normalized spacial score (nSPS) is 11.4. The number of aromatic nitrogens is 1. The molecule has 3 aromatic rings. The fourth-order valence-electron chi connectivity index (χ4n) is 2.70. The van der Waals surface area contributed by atoms with Crippen LogP contribution in [0.5, 0.6) is 0 Å². The van der Waals surface area contributed by atoms with Crippen LogP contribution < -0.4 is 11.5 Å². The monoisotopic (exact) mass is 265 g/mol. The molecule has 3 rings (SSSR count). The van der Waals surface area contributed by atoms with E-state index in [2.05, 4.69) is 39.0 Å². The standard InChI is InChI=1S/C17H19N3/c1-8-5-6-12-7-13-15(19)14(18)10(3)11(4)17(13)20-16(12)9(8)2/h5-7H,18-19H2,1-4H3. The van der Waals surface area contributed by atoms with E-state index in [0.29, 0.717) is 11.4 Å². The van der Waals surface area contributed by atoms with E-state index in [1.54, 1.807) is 0 Å². The van der Waals surface area contributed by atoms with Crippen molar-refractivity contribution < 1.29 is 0 Å². The molecule has 20 heavy (non-hydrogen) atoms. The fraction of sp³-hybridized carbons (Fsp3) is 0.235. The predicted octanol–water partition coefficient (Wildman–Crippen LogP) is 3.79. The third-order valence-corrected chi connectivity index (χ3v) is 4.41. The summed E-state index contributed by atoms with van der Waals surface area (Å²) in [6, 6.07) is 6.31. The van der Waals surface area contributed by atoms with Crippen LogP contribution in [0.15, 0.2) is 18.2 Å². The SMILES string of the molecule is Cc1ccc2cc3c(N)c(N)c(C)c(C)c3nc2c1C. The number of hydrogen-bond donors (Lipinski definition) is 2. The Labute approximate surface area is 118 Å². The van der Waals surface area contributed by atoms with Gasteiger partial charge in [-0.05, 0) is 56.0 Å². The second-order valence-corrected chi connectivity index (χ2v) is 5.54. The van der Waals surface area contributed by atoms with Gasteiger partial charge in [-0.25, -0.2) is 4.98 Å². The Balaban J connectivity index is 2.58. The number of nitrogen functional groups attached to an aromatic ring is 2. The van der Waals surface area contributed by atoms with E-state index in [1.807, 2.05) is 6.92 Å². The van der Waals surface area contributed by atoms with Crippen LogP contribution in [0.4, 0.5) is 11.4 Å². The maximum Gasteiger partial charge on any atom is 0.0763 e. The molecule has 0 fully saturated rings. The van der Waals surface area contributed by atoms with Crippen LogP contribution >= 0.6 is 0 Å². The van der Waals surface area contributed by atoms with Gasteiger partial charge in [0, 0.05) is 10.8 Å². The molecule has 0 saturated carbocycles. The van der Waals surface area contributed by atoms with Gasteiger partial charge in [0.1, 0.15) is 0 Å². The van der Waals surface area contributed by atoms with E-state index in [4.69, 9.17) is 16.5 Å². The van der Waals surface area contributed by atoms with Crippen molar-refractivity contribution in [3.8, 4) is 0 Å². The van der Waals surface area contributed by atoms with Gasteiger partial charge in [0.05, 0.1) is 22.4 Å². The highest BCUT2D eigenvalue weighted by molar-refractivity contribution is 6.05. The number of hydrogen-bond acceptors (Lipinski definition) is 3. The van der Waals surface area contributed by atoms with E-state index < -0.39 is 0 Å². The lowest BCUT2D eigenvalue weighted by molar-refractivity contribution is 1.31. The molecule has 0 aliphatic carbocycles. The average molecular weight is 265 g/mol. The lowest BCUT2D eigenvalue weighted by Crippen LogP contribution is -2.02. The largest absolute Gasteiger partial charge is 0.397 e. The van der Waals surface area contributed by atoms with Crippen molar-refractivity contribution in [3.05, 3.63) is 40.5 Å². The van der Waals surface area contributed by atoms with Gasteiger partial charge in [0.2, 0.25) is 0 Å². The van der Waals surface area contributed by atoms with Crippen LogP contribution in [-0.4, -0.2) is 4.98 Å². The Bertz CT molecular complexity index is 864. The number of nitrogens with zero attached hydrogens (tertiary/aromatic N) is 1. The lowest BCUT2D eigenvalue weighted by atomic mass is 9.98. The molecule has 0 aliphatic heterocycles. The molecule has 1 heterocycles. The van der Waals surface area contributed by atoms with Gasteiger partial charge in [-0.1, -0.05) is 12.1 Å². The molecule has 0 aliphatic rings. The van der Waals surface area contributed by atoms with Crippen molar-refractivity contribution >= 4 is 33.2 Å². The molecule has 1 aromatic heterocycles. The molecule has 4 N–H and O–H groups in total. The highest BCUT2D eigenvalue weighted by atomic mass is 14.7. The topological polar surface area (TPSA) is 64.9 Å². The Kier molecular flexibility index (Phi) is 2.61. The smallest absolute Gasteiger partial charge is 0.0763 e.